The molecule has 0 heterocycles. The van der Waals surface area contributed by atoms with Crippen molar-refractivity contribution in [3.8, 4) is 0 Å². The first-order valence-electron chi connectivity index (χ1n) is 6.37. The van der Waals surface area contributed by atoms with Crippen LogP contribution in [-0.2, 0) is 4.79 Å². The molecular weight excluding hydrogens is 172 g/mol. The Kier molecular flexibility index (Phi) is 5.89. The third-order valence-electron chi connectivity index (χ3n) is 3.34. The molecule has 0 aromatic rings. The normalized spacial score (nSPS) is 21.8. The molecule has 0 radical (unpaired) electrons. The largest absolute Gasteiger partial charge is 0.299 e. The maximum absolute atomic E-state index is 11.3. The van der Waals surface area contributed by atoms with Crippen LogP contribution in [0.4, 0.5) is 0 Å². The molecule has 1 aliphatic rings. The van der Waals surface area contributed by atoms with Crippen molar-refractivity contribution in [2.24, 2.45) is 5.92 Å². The Hall–Kier alpha value is -0.330. The minimum atomic E-state index is 0.446. The van der Waals surface area contributed by atoms with Gasteiger partial charge in [0, 0.05) is 12.3 Å². The van der Waals surface area contributed by atoms with Crippen LogP contribution in [0.3, 0.4) is 0 Å². The molecule has 0 unspecified atom stereocenters. The van der Waals surface area contributed by atoms with Crippen molar-refractivity contribution in [1.29, 1.82) is 0 Å². The van der Waals surface area contributed by atoms with Gasteiger partial charge in [0.05, 0.1) is 0 Å². The van der Waals surface area contributed by atoms with Gasteiger partial charge in [-0.2, -0.15) is 0 Å². The van der Waals surface area contributed by atoms with E-state index in [0.29, 0.717) is 11.7 Å². The van der Waals surface area contributed by atoms with E-state index in [1.165, 1.54) is 51.4 Å². The van der Waals surface area contributed by atoms with Crippen LogP contribution < -0.4 is 0 Å². The van der Waals surface area contributed by atoms with Gasteiger partial charge in [-0.25, -0.2) is 0 Å². The van der Waals surface area contributed by atoms with Gasteiger partial charge in [-0.05, 0) is 19.3 Å². The Labute approximate surface area is 88.3 Å². The maximum Gasteiger partial charge on any atom is 0.135 e. The Morgan fingerprint density at radius 2 is 1.86 bits per heavy atom. The summed E-state index contributed by atoms with van der Waals surface area (Å²) < 4.78 is 0. The molecule has 1 atom stereocenters. The predicted octanol–water partition coefficient (Wildman–Crippen LogP) is 4.11. The highest BCUT2D eigenvalue weighted by Crippen LogP contribution is 2.26. The van der Waals surface area contributed by atoms with E-state index in [0.717, 1.165) is 12.8 Å². The van der Waals surface area contributed by atoms with E-state index < -0.39 is 0 Å². The van der Waals surface area contributed by atoms with Crippen molar-refractivity contribution in [2.75, 3.05) is 0 Å². The fourth-order valence-electron chi connectivity index (χ4n) is 2.36. The van der Waals surface area contributed by atoms with Gasteiger partial charge >= 0.3 is 0 Å². The lowest BCUT2D eigenvalue weighted by Gasteiger charge is -2.06. The Morgan fingerprint density at radius 1 is 1.14 bits per heavy atom. The topological polar surface area (TPSA) is 17.1 Å². The molecule has 0 aromatic carbocycles. The van der Waals surface area contributed by atoms with Crippen LogP contribution in [-0.4, -0.2) is 5.78 Å². The highest BCUT2D eigenvalue weighted by molar-refractivity contribution is 5.82. The predicted molar refractivity (Wildman–Crippen MR) is 60.3 cm³/mol. The van der Waals surface area contributed by atoms with Crippen molar-refractivity contribution >= 4 is 5.78 Å². The van der Waals surface area contributed by atoms with Crippen molar-refractivity contribution in [3.63, 3.8) is 0 Å². The molecule has 0 aliphatic heterocycles. The fraction of sp³-hybridized carbons (Fsp3) is 0.923. The van der Waals surface area contributed by atoms with Crippen LogP contribution in [0, 0.1) is 5.92 Å². The minimum Gasteiger partial charge on any atom is -0.299 e. The second kappa shape index (κ2) is 7.03. The average Bonchev–Trinajstić information content (AvgIpc) is 2.58. The number of Topliss-reactive ketones (excluding diaryl/α,β-unsaturated/α-hetero) is 1. The summed E-state index contributed by atoms with van der Waals surface area (Å²) in [6, 6.07) is 0. The molecule has 0 saturated heterocycles. The third kappa shape index (κ3) is 4.26. The molecule has 1 nitrogen and oxygen atoms in total. The summed E-state index contributed by atoms with van der Waals surface area (Å²) in [5.41, 5.74) is 0. The van der Waals surface area contributed by atoms with Gasteiger partial charge in [-0.1, -0.05) is 45.4 Å². The molecule has 1 rings (SSSR count). The summed E-state index contributed by atoms with van der Waals surface area (Å²) in [5, 5.41) is 0. The van der Waals surface area contributed by atoms with Gasteiger partial charge in [0.1, 0.15) is 5.78 Å². The summed E-state index contributed by atoms with van der Waals surface area (Å²) in [4.78, 5) is 11.3. The van der Waals surface area contributed by atoms with Crippen LogP contribution in [0.25, 0.3) is 0 Å². The molecule has 14 heavy (non-hydrogen) atoms. The quantitative estimate of drug-likeness (QED) is 0.560. The Morgan fingerprint density at radius 3 is 2.50 bits per heavy atom. The van der Waals surface area contributed by atoms with Crippen LogP contribution in [0.5, 0.6) is 0 Å². The molecule has 0 amide bonds. The van der Waals surface area contributed by atoms with Crippen LogP contribution in [0.1, 0.15) is 71.1 Å². The van der Waals surface area contributed by atoms with Crippen LogP contribution >= 0.6 is 0 Å². The van der Waals surface area contributed by atoms with Crippen LogP contribution in [0.15, 0.2) is 0 Å². The maximum atomic E-state index is 11.3. The van der Waals surface area contributed by atoms with Crippen LogP contribution in [0.2, 0.25) is 0 Å². The highest BCUT2D eigenvalue weighted by atomic mass is 16.1. The Balaban J connectivity index is 1.90. The number of rotatable bonds is 7. The second-order valence-corrected chi connectivity index (χ2v) is 4.61. The van der Waals surface area contributed by atoms with Gasteiger partial charge < -0.3 is 0 Å². The van der Waals surface area contributed by atoms with Gasteiger partial charge in [0.15, 0.2) is 0 Å². The number of unbranched alkanes of at least 4 members (excludes halogenated alkanes) is 5. The number of ketones is 1. The number of hydrogen-bond acceptors (Lipinski definition) is 1. The summed E-state index contributed by atoms with van der Waals surface area (Å²) in [6.45, 7) is 2.25. The number of carbonyl (C=O) groups excluding carboxylic acids is 1. The van der Waals surface area contributed by atoms with Gasteiger partial charge in [0.25, 0.3) is 0 Å². The molecule has 1 saturated carbocycles. The van der Waals surface area contributed by atoms with E-state index in [9.17, 15) is 4.79 Å². The van der Waals surface area contributed by atoms with E-state index in [2.05, 4.69) is 6.92 Å². The fourth-order valence-corrected chi connectivity index (χ4v) is 2.36. The lowest BCUT2D eigenvalue weighted by atomic mass is 9.98. The zero-order valence-electron chi connectivity index (χ0n) is 9.56. The highest BCUT2D eigenvalue weighted by Gasteiger charge is 2.23. The van der Waals surface area contributed by atoms with E-state index in [4.69, 9.17) is 0 Å². The first-order valence-corrected chi connectivity index (χ1v) is 6.37. The minimum absolute atomic E-state index is 0.446. The smallest absolute Gasteiger partial charge is 0.135 e. The second-order valence-electron chi connectivity index (χ2n) is 4.61. The SMILES string of the molecule is CCCCCCCC[C@@H]1CCCC1=O. The van der Waals surface area contributed by atoms with Crippen molar-refractivity contribution < 1.29 is 4.79 Å². The molecule has 0 spiro atoms. The molecule has 1 fully saturated rings. The summed E-state index contributed by atoms with van der Waals surface area (Å²) in [7, 11) is 0. The zero-order chi connectivity index (χ0) is 10.2. The van der Waals surface area contributed by atoms with E-state index in [-0.39, 0.29) is 0 Å². The van der Waals surface area contributed by atoms with E-state index in [1.54, 1.807) is 0 Å². The van der Waals surface area contributed by atoms with Gasteiger partial charge in [-0.3, -0.25) is 4.79 Å². The molecule has 1 aliphatic carbocycles. The monoisotopic (exact) mass is 196 g/mol. The lowest BCUT2D eigenvalue weighted by molar-refractivity contribution is -0.120. The number of hydrogen-bond donors (Lipinski definition) is 0. The van der Waals surface area contributed by atoms with Crippen molar-refractivity contribution in [1.82, 2.24) is 0 Å². The zero-order valence-corrected chi connectivity index (χ0v) is 9.56. The molecule has 0 N–H and O–H groups in total. The summed E-state index contributed by atoms with van der Waals surface area (Å²) >= 11 is 0. The lowest BCUT2D eigenvalue weighted by Crippen LogP contribution is -2.05. The standard InChI is InChI=1S/C13H24O/c1-2-3-4-5-6-7-9-12-10-8-11-13(12)14/h12H,2-11H2,1H3/t12-/m1/s1. The van der Waals surface area contributed by atoms with E-state index in [1.807, 2.05) is 0 Å². The molecule has 0 aromatic heterocycles. The first-order chi connectivity index (χ1) is 6.84. The Bertz CT molecular complexity index is 163. The first kappa shape index (κ1) is 11.7. The third-order valence-corrected chi connectivity index (χ3v) is 3.34. The van der Waals surface area contributed by atoms with Gasteiger partial charge in [-0.15, -0.1) is 0 Å². The molecule has 0 bridgehead atoms. The van der Waals surface area contributed by atoms with Crippen molar-refractivity contribution in [3.05, 3.63) is 0 Å². The molecule has 1 heteroatoms. The van der Waals surface area contributed by atoms with E-state index >= 15 is 0 Å². The summed E-state index contributed by atoms with van der Waals surface area (Å²) in [6.07, 6.45) is 12.4. The van der Waals surface area contributed by atoms with Gasteiger partial charge in [0.2, 0.25) is 0 Å². The average molecular weight is 196 g/mol. The number of carbonyl (C=O) groups is 1. The van der Waals surface area contributed by atoms with Crippen molar-refractivity contribution in [2.45, 2.75) is 71.1 Å². The summed E-state index contributed by atoms with van der Waals surface area (Å²) in [5.74, 6) is 0.986. The molecule has 82 valence electrons. The molecular formula is C13H24O.